The van der Waals surface area contributed by atoms with Crippen LogP contribution < -0.4 is 5.32 Å². The number of aryl methyl sites for hydroxylation is 1. The molecule has 9 heteroatoms. The molecule has 0 unspecified atom stereocenters. The molecule has 1 amide bonds. The van der Waals surface area contributed by atoms with E-state index in [4.69, 9.17) is 0 Å². The molecule has 8 nitrogen and oxygen atoms in total. The van der Waals surface area contributed by atoms with Crippen molar-refractivity contribution in [1.29, 1.82) is 0 Å². The van der Waals surface area contributed by atoms with Gasteiger partial charge in [0, 0.05) is 40.9 Å². The van der Waals surface area contributed by atoms with E-state index in [0.717, 1.165) is 10.3 Å². The molecule has 3 aromatic rings. The molecule has 2 aromatic carbocycles. The molecule has 0 saturated carbocycles. The molecule has 0 atom stereocenters. The monoisotopic (exact) mass is 371 g/mol. The molecule has 26 heavy (non-hydrogen) atoms. The number of nitrogens with zero attached hydrogens (tertiary/aromatic N) is 2. The van der Waals surface area contributed by atoms with Gasteiger partial charge in [0.2, 0.25) is 0 Å². The van der Waals surface area contributed by atoms with Crippen LogP contribution in [0.2, 0.25) is 0 Å². The molecule has 0 fully saturated rings. The van der Waals surface area contributed by atoms with Crippen molar-refractivity contribution in [1.82, 2.24) is 5.32 Å². The molecule has 132 valence electrons. The number of non-ortho nitro benzene ring substituents is 2. The van der Waals surface area contributed by atoms with E-state index in [-0.39, 0.29) is 23.8 Å². The topological polar surface area (TPSA) is 115 Å². The van der Waals surface area contributed by atoms with Crippen LogP contribution in [0.5, 0.6) is 0 Å². The van der Waals surface area contributed by atoms with Crippen molar-refractivity contribution < 1.29 is 14.6 Å². The van der Waals surface area contributed by atoms with Crippen molar-refractivity contribution in [2.45, 2.75) is 13.5 Å². The summed E-state index contributed by atoms with van der Waals surface area (Å²) in [7, 11) is 0. The predicted octanol–water partition coefficient (Wildman–Crippen LogP) is 3.96. The van der Waals surface area contributed by atoms with Gasteiger partial charge in [-0.05, 0) is 30.2 Å². The maximum absolute atomic E-state index is 12.4. The molecule has 0 spiro atoms. The fourth-order valence-electron chi connectivity index (χ4n) is 2.48. The highest BCUT2D eigenvalue weighted by Gasteiger charge is 2.14. The van der Waals surface area contributed by atoms with Crippen LogP contribution in [0.4, 0.5) is 11.4 Å². The van der Waals surface area contributed by atoms with Crippen LogP contribution in [0.1, 0.15) is 20.8 Å². The lowest BCUT2D eigenvalue weighted by molar-refractivity contribution is -0.385. The zero-order valence-electron chi connectivity index (χ0n) is 13.6. The first-order valence-corrected chi connectivity index (χ1v) is 8.37. The van der Waals surface area contributed by atoms with E-state index in [1.54, 1.807) is 18.2 Å². The number of nitro benzene ring substituents is 2. The first kappa shape index (κ1) is 17.5. The van der Waals surface area contributed by atoms with Crippen LogP contribution in [0.3, 0.4) is 0 Å². The van der Waals surface area contributed by atoms with Gasteiger partial charge in [-0.25, -0.2) is 0 Å². The largest absolute Gasteiger partial charge is 0.347 e. The van der Waals surface area contributed by atoms with Crippen LogP contribution in [-0.4, -0.2) is 15.8 Å². The molecule has 1 N–H and O–H groups in total. The summed E-state index contributed by atoms with van der Waals surface area (Å²) in [6, 6.07) is 10.5. The van der Waals surface area contributed by atoms with Gasteiger partial charge in [0.15, 0.2) is 0 Å². The van der Waals surface area contributed by atoms with E-state index in [1.165, 1.54) is 35.6 Å². The fraction of sp³-hybridized carbons (Fsp3) is 0.118. The second kappa shape index (κ2) is 6.89. The van der Waals surface area contributed by atoms with Crippen molar-refractivity contribution in [3.8, 4) is 0 Å². The highest BCUT2D eigenvalue weighted by Crippen LogP contribution is 2.29. The highest BCUT2D eigenvalue weighted by molar-refractivity contribution is 7.20. The van der Waals surface area contributed by atoms with E-state index >= 15 is 0 Å². The van der Waals surface area contributed by atoms with Gasteiger partial charge < -0.3 is 5.32 Å². The van der Waals surface area contributed by atoms with Crippen molar-refractivity contribution >= 4 is 38.7 Å². The third-order valence-corrected chi connectivity index (χ3v) is 5.03. The number of thiophene rings is 1. The van der Waals surface area contributed by atoms with Gasteiger partial charge in [0.05, 0.1) is 14.7 Å². The first-order valence-electron chi connectivity index (χ1n) is 7.55. The Kier molecular flexibility index (Phi) is 4.63. The van der Waals surface area contributed by atoms with E-state index in [1.807, 2.05) is 6.92 Å². The van der Waals surface area contributed by atoms with Gasteiger partial charge in [0.25, 0.3) is 17.3 Å². The van der Waals surface area contributed by atoms with Gasteiger partial charge in [-0.15, -0.1) is 11.3 Å². The second-order valence-corrected chi connectivity index (χ2v) is 6.72. The maximum Gasteiger partial charge on any atom is 0.270 e. The number of rotatable bonds is 5. The number of nitrogens with one attached hydrogen (secondary N) is 1. The Hall–Kier alpha value is -3.33. The molecular formula is C17H13N3O5S. The highest BCUT2D eigenvalue weighted by atomic mass is 32.1. The van der Waals surface area contributed by atoms with E-state index < -0.39 is 9.85 Å². The van der Waals surface area contributed by atoms with Gasteiger partial charge in [0.1, 0.15) is 0 Å². The number of nitro groups is 2. The van der Waals surface area contributed by atoms with Crippen LogP contribution in [0.15, 0.2) is 42.5 Å². The summed E-state index contributed by atoms with van der Waals surface area (Å²) in [5, 5.41) is 25.1. The lowest BCUT2D eigenvalue weighted by Crippen LogP contribution is -2.22. The minimum atomic E-state index is -0.484. The SMILES string of the molecule is Cc1ccc([N+](=O)[O-])cc1CNC(=O)c1cc2cc([N+](=O)[O-])ccc2s1. The number of carbonyl (C=O) groups is 1. The number of carbonyl (C=O) groups excluding carboxylic acids is 1. The lowest BCUT2D eigenvalue weighted by Gasteiger charge is -2.07. The standard InChI is InChI=1S/C17H13N3O5S/c1-10-2-3-13(19(22)23)7-12(10)9-18-17(21)16-8-11-6-14(20(24)25)4-5-15(11)26-16/h2-8H,9H2,1H3,(H,18,21). The average molecular weight is 371 g/mol. The minimum absolute atomic E-state index is 0.0329. The third kappa shape index (κ3) is 3.52. The fourth-order valence-corrected chi connectivity index (χ4v) is 3.44. The summed E-state index contributed by atoms with van der Waals surface area (Å²) in [6.45, 7) is 1.96. The molecule has 1 heterocycles. The molecule has 0 aliphatic heterocycles. The van der Waals surface area contributed by atoms with Crippen molar-refractivity contribution in [2.75, 3.05) is 0 Å². The smallest absolute Gasteiger partial charge is 0.270 e. The summed E-state index contributed by atoms with van der Waals surface area (Å²) in [5.41, 5.74) is 1.43. The summed E-state index contributed by atoms with van der Waals surface area (Å²) < 4.78 is 0.771. The van der Waals surface area contributed by atoms with Crippen LogP contribution in [0, 0.1) is 27.2 Å². The van der Waals surface area contributed by atoms with Gasteiger partial charge in [-0.3, -0.25) is 25.0 Å². The average Bonchev–Trinajstić information content (AvgIpc) is 3.03. The molecule has 1 aromatic heterocycles. The Morgan fingerprint density at radius 2 is 1.69 bits per heavy atom. The Balaban J connectivity index is 1.78. The quantitative estimate of drug-likeness (QED) is 0.538. The zero-order chi connectivity index (χ0) is 18.8. The van der Waals surface area contributed by atoms with Crippen LogP contribution in [-0.2, 0) is 6.54 Å². The predicted molar refractivity (Wildman–Crippen MR) is 97.5 cm³/mol. The first-order chi connectivity index (χ1) is 12.3. The molecule has 3 rings (SSSR count). The summed E-state index contributed by atoms with van der Waals surface area (Å²) >= 11 is 1.23. The molecule has 0 bridgehead atoms. The van der Waals surface area contributed by atoms with E-state index in [0.29, 0.717) is 15.8 Å². The van der Waals surface area contributed by atoms with Crippen molar-refractivity contribution in [2.24, 2.45) is 0 Å². The molecular weight excluding hydrogens is 358 g/mol. The number of fused-ring (bicyclic) bond motifs is 1. The molecule has 0 aliphatic carbocycles. The van der Waals surface area contributed by atoms with E-state index in [9.17, 15) is 25.0 Å². The Morgan fingerprint density at radius 1 is 1.04 bits per heavy atom. The maximum atomic E-state index is 12.4. The number of hydrogen-bond acceptors (Lipinski definition) is 6. The van der Waals surface area contributed by atoms with Gasteiger partial charge in [-0.2, -0.15) is 0 Å². The van der Waals surface area contributed by atoms with E-state index in [2.05, 4.69) is 5.32 Å². The molecule has 0 radical (unpaired) electrons. The Bertz CT molecular complexity index is 1040. The molecule has 0 saturated heterocycles. The summed E-state index contributed by atoms with van der Waals surface area (Å²) in [6.07, 6.45) is 0. The minimum Gasteiger partial charge on any atom is -0.347 e. The number of benzene rings is 2. The summed E-state index contributed by atoms with van der Waals surface area (Å²) in [4.78, 5) is 33.5. The van der Waals surface area contributed by atoms with Gasteiger partial charge >= 0.3 is 0 Å². The second-order valence-electron chi connectivity index (χ2n) is 5.64. The van der Waals surface area contributed by atoms with Gasteiger partial charge in [-0.1, -0.05) is 6.07 Å². The van der Waals surface area contributed by atoms with Crippen LogP contribution in [0.25, 0.3) is 10.1 Å². The lowest BCUT2D eigenvalue weighted by atomic mass is 10.1. The molecule has 0 aliphatic rings. The normalized spacial score (nSPS) is 10.7. The number of amides is 1. The Morgan fingerprint density at radius 3 is 2.38 bits per heavy atom. The number of hydrogen-bond donors (Lipinski definition) is 1. The third-order valence-electron chi connectivity index (χ3n) is 3.92. The zero-order valence-corrected chi connectivity index (χ0v) is 14.4. The Labute approximate surface area is 151 Å². The van der Waals surface area contributed by atoms with Crippen molar-refractivity contribution in [3.05, 3.63) is 78.7 Å². The van der Waals surface area contributed by atoms with Crippen molar-refractivity contribution in [3.63, 3.8) is 0 Å². The summed E-state index contributed by atoms with van der Waals surface area (Å²) in [5.74, 6) is -0.334. The van der Waals surface area contributed by atoms with Crippen LogP contribution >= 0.6 is 11.3 Å².